The number of primary amides is 1. The van der Waals surface area contributed by atoms with Gasteiger partial charge >= 0.3 is 0 Å². The van der Waals surface area contributed by atoms with Crippen LogP contribution < -0.4 is 10.6 Å². The maximum atomic E-state index is 12.4. The lowest BCUT2D eigenvalue weighted by Gasteiger charge is -2.34. The number of hydrogen-bond acceptors (Lipinski definition) is 2. The lowest BCUT2D eigenvalue weighted by molar-refractivity contribution is 0.0999. The molecule has 1 aliphatic rings. The molecule has 0 radical (unpaired) electrons. The lowest BCUT2D eigenvalue weighted by atomic mass is 9.85. The first kappa shape index (κ1) is 18.6. The highest BCUT2D eigenvalue weighted by Gasteiger charge is 2.27. The van der Waals surface area contributed by atoms with E-state index in [0.29, 0.717) is 5.56 Å². The number of carbonyl (C=O) groups is 1. The first-order valence-corrected chi connectivity index (χ1v) is 10.3. The van der Waals surface area contributed by atoms with E-state index in [1.807, 2.05) is 6.92 Å². The number of nitrogens with zero attached hydrogens (tertiary/aromatic N) is 1. The van der Waals surface area contributed by atoms with Crippen molar-refractivity contribution in [2.24, 2.45) is 5.73 Å². The monoisotopic (exact) mass is 375 g/mol. The van der Waals surface area contributed by atoms with Gasteiger partial charge in [-0.25, -0.2) is 0 Å². The number of benzene rings is 2. The number of nitrogens with one attached hydrogen (secondary N) is 1. The number of rotatable bonds is 4. The van der Waals surface area contributed by atoms with Crippen LogP contribution in [0, 0.1) is 13.8 Å². The van der Waals surface area contributed by atoms with Crippen molar-refractivity contribution >= 4 is 22.5 Å². The smallest absolute Gasteiger partial charge is 0.249 e. The molecule has 0 unspecified atom stereocenters. The molecule has 28 heavy (non-hydrogen) atoms. The summed E-state index contributed by atoms with van der Waals surface area (Å²) in [6.07, 6.45) is 6.56. The van der Waals surface area contributed by atoms with Gasteiger partial charge in [-0.15, -0.1) is 0 Å². The zero-order chi connectivity index (χ0) is 19.8. The molecule has 3 N–H and O–H groups in total. The van der Waals surface area contributed by atoms with Gasteiger partial charge in [-0.1, -0.05) is 25.1 Å². The average Bonchev–Trinajstić information content (AvgIpc) is 3.13. The number of aromatic amines is 1. The Morgan fingerprint density at radius 2 is 1.82 bits per heavy atom. The topological polar surface area (TPSA) is 62.1 Å². The first-order valence-electron chi connectivity index (χ1n) is 10.3. The van der Waals surface area contributed by atoms with Crippen LogP contribution in [0.25, 0.3) is 22.0 Å². The molecular formula is C24H29N3O. The molecule has 0 saturated carbocycles. The molecule has 0 aliphatic carbocycles. The Labute approximate surface area is 166 Å². The minimum absolute atomic E-state index is 0.318. The molecule has 2 aromatic carbocycles. The molecule has 1 amide bonds. The van der Waals surface area contributed by atoms with Gasteiger partial charge in [0.15, 0.2) is 0 Å². The third-order valence-electron chi connectivity index (χ3n) is 6.27. The summed E-state index contributed by atoms with van der Waals surface area (Å²) in [4.78, 5) is 18.3. The van der Waals surface area contributed by atoms with Crippen molar-refractivity contribution in [3.05, 3.63) is 52.7 Å². The van der Waals surface area contributed by atoms with Gasteiger partial charge in [-0.2, -0.15) is 0 Å². The number of carbonyl (C=O) groups excluding carboxylic acids is 1. The first-order chi connectivity index (χ1) is 13.5. The van der Waals surface area contributed by atoms with Crippen LogP contribution in [0.4, 0.5) is 5.69 Å². The standard InChI is InChI=1S/C24H29N3O/c1-4-17-22(24(25)28)16(3)15(2)21(23(17)27-12-8-5-9-13-27)19-14-26-20-11-7-6-10-18(19)20/h6-7,10-11,14,26H,4-5,8-9,12-13H2,1-3H3,(H2,25,28). The second kappa shape index (κ2) is 7.34. The van der Waals surface area contributed by atoms with Crippen LogP contribution in [0.1, 0.15) is 53.2 Å². The van der Waals surface area contributed by atoms with E-state index in [1.165, 1.54) is 41.5 Å². The van der Waals surface area contributed by atoms with Gasteiger partial charge in [0.25, 0.3) is 0 Å². The predicted molar refractivity (Wildman–Crippen MR) is 117 cm³/mol. The molecule has 0 bridgehead atoms. The highest BCUT2D eigenvalue weighted by atomic mass is 16.1. The summed E-state index contributed by atoms with van der Waals surface area (Å²) in [5.74, 6) is -0.318. The number of para-hydroxylation sites is 1. The van der Waals surface area contributed by atoms with Crippen LogP contribution in [0.15, 0.2) is 30.5 Å². The second-order valence-corrected chi connectivity index (χ2v) is 7.84. The van der Waals surface area contributed by atoms with E-state index < -0.39 is 0 Å². The number of nitrogens with two attached hydrogens (primary N) is 1. The number of H-pyrrole nitrogens is 1. The fraction of sp³-hybridized carbons (Fsp3) is 0.375. The maximum absolute atomic E-state index is 12.4. The van der Waals surface area contributed by atoms with E-state index in [9.17, 15) is 4.79 Å². The molecule has 4 rings (SSSR count). The Bertz CT molecular complexity index is 1040. The second-order valence-electron chi connectivity index (χ2n) is 7.84. The number of fused-ring (bicyclic) bond motifs is 1. The normalized spacial score (nSPS) is 14.6. The molecule has 1 saturated heterocycles. The van der Waals surface area contributed by atoms with Crippen LogP contribution in [0.3, 0.4) is 0 Å². The molecule has 4 heteroatoms. The molecule has 3 aromatic rings. The average molecular weight is 376 g/mol. The molecule has 1 aromatic heterocycles. The van der Waals surface area contributed by atoms with E-state index in [1.54, 1.807) is 0 Å². The zero-order valence-electron chi connectivity index (χ0n) is 17.1. The minimum atomic E-state index is -0.318. The Morgan fingerprint density at radius 3 is 2.50 bits per heavy atom. The number of amides is 1. The van der Waals surface area contributed by atoms with Gasteiger partial charge < -0.3 is 15.6 Å². The summed E-state index contributed by atoms with van der Waals surface area (Å²) < 4.78 is 0. The van der Waals surface area contributed by atoms with Crippen molar-refractivity contribution in [1.29, 1.82) is 0 Å². The minimum Gasteiger partial charge on any atom is -0.371 e. The fourth-order valence-corrected chi connectivity index (χ4v) is 4.80. The Morgan fingerprint density at radius 1 is 1.11 bits per heavy atom. The SMILES string of the molecule is CCc1c(C(N)=O)c(C)c(C)c(-c2c[nH]c3ccccc23)c1N1CCCCC1. The number of anilines is 1. The third kappa shape index (κ3) is 2.88. The van der Waals surface area contributed by atoms with Gasteiger partial charge in [0.2, 0.25) is 5.91 Å². The van der Waals surface area contributed by atoms with Gasteiger partial charge in [-0.05, 0) is 62.3 Å². The summed E-state index contributed by atoms with van der Waals surface area (Å²) in [7, 11) is 0. The van der Waals surface area contributed by atoms with E-state index in [4.69, 9.17) is 5.73 Å². The Balaban J connectivity index is 2.09. The van der Waals surface area contributed by atoms with Crippen molar-refractivity contribution in [1.82, 2.24) is 4.98 Å². The van der Waals surface area contributed by atoms with E-state index in [-0.39, 0.29) is 5.91 Å². The van der Waals surface area contributed by atoms with Gasteiger partial charge in [-0.3, -0.25) is 4.79 Å². The number of piperidine rings is 1. The fourth-order valence-electron chi connectivity index (χ4n) is 4.80. The molecule has 2 heterocycles. The van der Waals surface area contributed by atoms with E-state index in [2.05, 4.69) is 54.2 Å². The van der Waals surface area contributed by atoms with Crippen LogP contribution in [0.2, 0.25) is 0 Å². The number of aromatic nitrogens is 1. The van der Waals surface area contributed by atoms with Crippen molar-refractivity contribution in [3.8, 4) is 11.1 Å². The molecule has 4 nitrogen and oxygen atoms in total. The van der Waals surface area contributed by atoms with Crippen molar-refractivity contribution in [2.45, 2.75) is 46.5 Å². The van der Waals surface area contributed by atoms with E-state index in [0.717, 1.165) is 41.7 Å². The summed E-state index contributed by atoms with van der Waals surface area (Å²) in [6, 6.07) is 8.42. The Hall–Kier alpha value is -2.75. The predicted octanol–water partition coefficient (Wildman–Crippen LogP) is 5.10. The van der Waals surface area contributed by atoms with Crippen molar-refractivity contribution in [3.63, 3.8) is 0 Å². The third-order valence-corrected chi connectivity index (χ3v) is 6.27. The largest absolute Gasteiger partial charge is 0.371 e. The number of hydrogen-bond donors (Lipinski definition) is 2. The van der Waals surface area contributed by atoms with Crippen LogP contribution in [0.5, 0.6) is 0 Å². The summed E-state index contributed by atoms with van der Waals surface area (Å²) in [5, 5.41) is 1.22. The van der Waals surface area contributed by atoms with E-state index >= 15 is 0 Å². The summed E-state index contributed by atoms with van der Waals surface area (Å²) in [6.45, 7) is 8.35. The Kier molecular flexibility index (Phi) is 4.88. The quantitative estimate of drug-likeness (QED) is 0.666. The summed E-state index contributed by atoms with van der Waals surface area (Å²) >= 11 is 0. The lowest BCUT2D eigenvalue weighted by Crippen LogP contribution is -2.32. The molecule has 0 atom stereocenters. The highest BCUT2D eigenvalue weighted by molar-refractivity contribution is 6.05. The van der Waals surface area contributed by atoms with Gasteiger partial charge in [0.1, 0.15) is 0 Å². The molecule has 146 valence electrons. The highest BCUT2D eigenvalue weighted by Crippen LogP contribution is 2.44. The molecular weight excluding hydrogens is 346 g/mol. The van der Waals surface area contributed by atoms with Crippen LogP contribution in [-0.4, -0.2) is 24.0 Å². The maximum Gasteiger partial charge on any atom is 0.249 e. The molecule has 1 fully saturated rings. The zero-order valence-corrected chi connectivity index (χ0v) is 17.1. The van der Waals surface area contributed by atoms with Crippen molar-refractivity contribution < 1.29 is 4.79 Å². The molecule has 0 spiro atoms. The molecule has 1 aliphatic heterocycles. The van der Waals surface area contributed by atoms with Crippen LogP contribution in [-0.2, 0) is 6.42 Å². The van der Waals surface area contributed by atoms with Crippen molar-refractivity contribution in [2.75, 3.05) is 18.0 Å². The van der Waals surface area contributed by atoms with Crippen LogP contribution >= 0.6 is 0 Å². The van der Waals surface area contributed by atoms with Gasteiger partial charge in [0.05, 0.1) is 0 Å². The van der Waals surface area contributed by atoms with Gasteiger partial charge in [0, 0.05) is 52.6 Å². The summed E-state index contributed by atoms with van der Waals surface area (Å²) in [5.41, 5.74) is 14.6.